The SMILES string of the molecule is NC(=O)NCCCC(NC(=O)OCC1c2ccccc2-c2ccccc21)C(=O)Nc1ccc(CO)cc1. The molecule has 1 unspecified atom stereocenters. The number of urea groups is 1. The first-order valence-electron chi connectivity index (χ1n) is 12.1. The molecule has 37 heavy (non-hydrogen) atoms. The number of benzene rings is 3. The fraction of sp³-hybridized carbons (Fsp3) is 0.250. The molecular formula is C28H30N4O5. The maximum atomic E-state index is 13.0. The number of hydrogen-bond donors (Lipinski definition) is 5. The molecule has 6 N–H and O–H groups in total. The van der Waals surface area contributed by atoms with Crippen LogP contribution in [0, 0.1) is 0 Å². The second-order valence-corrected chi connectivity index (χ2v) is 8.80. The van der Waals surface area contributed by atoms with Gasteiger partial charge < -0.3 is 31.5 Å². The molecule has 0 aliphatic heterocycles. The van der Waals surface area contributed by atoms with Crippen molar-refractivity contribution in [2.24, 2.45) is 5.73 Å². The Hall–Kier alpha value is -4.37. The summed E-state index contributed by atoms with van der Waals surface area (Å²) in [6, 6.07) is 21.2. The minimum absolute atomic E-state index is 0.102. The quantitative estimate of drug-likeness (QED) is 0.270. The number of nitrogens with one attached hydrogen (secondary N) is 3. The smallest absolute Gasteiger partial charge is 0.407 e. The van der Waals surface area contributed by atoms with E-state index in [1.54, 1.807) is 24.3 Å². The number of nitrogens with two attached hydrogens (primary N) is 1. The van der Waals surface area contributed by atoms with Crippen molar-refractivity contribution in [3.8, 4) is 11.1 Å². The van der Waals surface area contributed by atoms with E-state index in [1.807, 2.05) is 36.4 Å². The Morgan fingerprint density at radius 3 is 2.14 bits per heavy atom. The Balaban J connectivity index is 1.40. The van der Waals surface area contributed by atoms with Gasteiger partial charge in [-0.05, 0) is 52.8 Å². The summed E-state index contributed by atoms with van der Waals surface area (Å²) in [6.07, 6.45) is -0.0420. The summed E-state index contributed by atoms with van der Waals surface area (Å²) in [5.41, 5.74) is 10.8. The van der Waals surface area contributed by atoms with Gasteiger partial charge in [0.15, 0.2) is 0 Å². The molecule has 0 fully saturated rings. The monoisotopic (exact) mass is 502 g/mol. The van der Waals surface area contributed by atoms with Gasteiger partial charge in [0.05, 0.1) is 6.61 Å². The zero-order chi connectivity index (χ0) is 26.2. The summed E-state index contributed by atoms with van der Waals surface area (Å²) in [7, 11) is 0. The Bertz CT molecular complexity index is 1220. The van der Waals surface area contributed by atoms with Crippen LogP contribution in [-0.4, -0.2) is 42.3 Å². The maximum absolute atomic E-state index is 13.0. The second-order valence-electron chi connectivity index (χ2n) is 8.80. The number of anilines is 1. The van der Waals surface area contributed by atoms with E-state index in [1.165, 1.54) is 0 Å². The van der Waals surface area contributed by atoms with Crippen LogP contribution in [0.1, 0.15) is 35.4 Å². The van der Waals surface area contributed by atoms with Crippen LogP contribution < -0.4 is 21.7 Å². The van der Waals surface area contributed by atoms with Crippen LogP contribution in [0.15, 0.2) is 72.8 Å². The Labute approximate surface area is 215 Å². The van der Waals surface area contributed by atoms with Crippen LogP contribution in [0.4, 0.5) is 15.3 Å². The third-order valence-electron chi connectivity index (χ3n) is 6.33. The largest absolute Gasteiger partial charge is 0.449 e. The third-order valence-corrected chi connectivity index (χ3v) is 6.33. The highest BCUT2D eigenvalue weighted by Crippen LogP contribution is 2.44. The maximum Gasteiger partial charge on any atom is 0.407 e. The Morgan fingerprint density at radius 1 is 0.919 bits per heavy atom. The normalized spacial score (nSPS) is 12.7. The van der Waals surface area contributed by atoms with Crippen LogP contribution in [0.2, 0.25) is 0 Å². The van der Waals surface area contributed by atoms with Gasteiger partial charge in [-0.3, -0.25) is 4.79 Å². The van der Waals surface area contributed by atoms with Crippen molar-refractivity contribution < 1.29 is 24.2 Å². The van der Waals surface area contributed by atoms with Gasteiger partial charge in [0.25, 0.3) is 0 Å². The molecule has 192 valence electrons. The summed E-state index contributed by atoms with van der Waals surface area (Å²) < 4.78 is 5.60. The van der Waals surface area contributed by atoms with E-state index in [0.717, 1.165) is 22.3 Å². The van der Waals surface area contributed by atoms with Gasteiger partial charge in [0.2, 0.25) is 5.91 Å². The first-order chi connectivity index (χ1) is 18.0. The highest BCUT2D eigenvalue weighted by molar-refractivity contribution is 5.96. The summed E-state index contributed by atoms with van der Waals surface area (Å²) in [5.74, 6) is -0.528. The van der Waals surface area contributed by atoms with Crippen LogP contribution in [0.25, 0.3) is 11.1 Å². The molecule has 4 rings (SSSR count). The average molecular weight is 503 g/mol. The molecule has 0 spiro atoms. The van der Waals surface area contributed by atoms with Crippen LogP contribution in [0.3, 0.4) is 0 Å². The van der Waals surface area contributed by atoms with Crippen molar-refractivity contribution in [2.75, 3.05) is 18.5 Å². The van der Waals surface area contributed by atoms with Gasteiger partial charge in [-0.15, -0.1) is 0 Å². The van der Waals surface area contributed by atoms with Gasteiger partial charge >= 0.3 is 12.1 Å². The van der Waals surface area contributed by atoms with Crippen LogP contribution in [-0.2, 0) is 16.1 Å². The minimum Gasteiger partial charge on any atom is -0.449 e. The second kappa shape index (κ2) is 12.0. The fourth-order valence-corrected chi connectivity index (χ4v) is 4.49. The van der Waals surface area contributed by atoms with Crippen LogP contribution in [0.5, 0.6) is 0 Å². The summed E-state index contributed by atoms with van der Waals surface area (Å²) in [6.45, 7) is 0.282. The molecule has 3 aromatic rings. The number of alkyl carbamates (subject to hydrolysis) is 1. The van der Waals surface area contributed by atoms with Gasteiger partial charge in [-0.2, -0.15) is 0 Å². The number of primary amides is 1. The van der Waals surface area contributed by atoms with Crippen molar-refractivity contribution in [3.05, 3.63) is 89.5 Å². The van der Waals surface area contributed by atoms with E-state index in [4.69, 9.17) is 10.5 Å². The summed E-state index contributed by atoms with van der Waals surface area (Å²) >= 11 is 0. The molecular weight excluding hydrogens is 472 g/mol. The number of fused-ring (bicyclic) bond motifs is 3. The predicted molar refractivity (Wildman–Crippen MR) is 140 cm³/mol. The lowest BCUT2D eigenvalue weighted by Gasteiger charge is -2.20. The molecule has 0 saturated carbocycles. The zero-order valence-electron chi connectivity index (χ0n) is 20.3. The van der Waals surface area contributed by atoms with Crippen molar-refractivity contribution in [2.45, 2.75) is 31.4 Å². The molecule has 0 heterocycles. The highest BCUT2D eigenvalue weighted by atomic mass is 16.5. The van der Waals surface area contributed by atoms with Crippen molar-refractivity contribution in [1.82, 2.24) is 10.6 Å². The van der Waals surface area contributed by atoms with Gasteiger partial charge in [0.1, 0.15) is 12.6 Å². The number of carbonyl (C=O) groups excluding carboxylic acids is 3. The number of ether oxygens (including phenoxy) is 1. The summed E-state index contributed by atoms with van der Waals surface area (Å²) in [4.78, 5) is 36.7. The van der Waals surface area contributed by atoms with E-state index in [2.05, 4.69) is 28.1 Å². The highest BCUT2D eigenvalue weighted by Gasteiger charge is 2.29. The first-order valence-corrected chi connectivity index (χ1v) is 12.1. The average Bonchev–Trinajstić information content (AvgIpc) is 3.23. The van der Waals surface area contributed by atoms with E-state index in [-0.39, 0.29) is 32.1 Å². The number of hydrogen-bond acceptors (Lipinski definition) is 5. The minimum atomic E-state index is -0.900. The molecule has 9 heteroatoms. The number of aliphatic hydroxyl groups excluding tert-OH is 1. The fourth-order valence-electron chi connectivity index (χ4n) is 4.49. The lowest BCUT2D eigenvalue weighted by Crippen LogP contribution is -2.44. The van der Waals surface area contributed by atoms with Gasteiger partial charge in [-0.1, -0.05) is 60.7 Å². The Morgan fingerprint density at radius 2 is 1.54 bits per heavy atom. The molecule has 9 nitrogen and oxygen atoms in total. The third kappa shape index (κ3) is 6.45. The van der Waals surface area contributed by atoms with Crippen molar-refractivity contribution >= 4 is 23.7 Å². The molecule has 1 aliphatic rings. The zero-order valence-corrected chi connectivity index (χ0v) is 20.3. The van der Waals surface area contributed by atoms with Crippen molar-refractivity contribution in [1.29, 1.82) is 0 Å². The molecule has 3 aromatic carbocycles. The number of rotatable bonds is 10. The Kier molecular flexibility index (Phi) is 8.37. The predicted octanol–water partition coefficient (Wildman–Crippen LogP) is 3.47. The molecule has 1 atom stereocenters. The van der Waals surface area contributed by atoms with Gasteiger partial charge in [0, 0.05) is 18.2 Å². The number of amides is 4. The van der Waals surface area contributed by atoms with Gasteiger partial charge in [-0.25, -0.2) is 9.59 Å². The standard InChI is InChI=1S/C28H30N4O5/c29-27(35)30-15-5-10-25(26(34)31-19-13-11-18(16-33)12-14-19)32-28(36)37-17-24-22-8-3-1-6-20(22)21-7-2-4-9-23(21)24/h1-4,6-9,11-14,24-25,33H,5,10,15-17H2,(H,31,34)(H,32,36)(H3,29,30,35). The molecule has 1 aliphatic carbocycles. The molecule has 0 saturated heterocycles. The lowest BCUT2D eigenvalue weighted by atomic mass is 9.98. The number of carbonyl (C=O) groups is 3. The van der Waals surface area contributed by atoms with E-state index in [0.29, 0.717) is 17.7 Å². The molecule has 4 amide bonds. The van der Waals surface area contributed by atoms with Crippen LogP contribution >= 0.6 is 0 Å². The summed E-state index contributed by atoms with van der Waals surface area (Å²) in [5, 5.41) is 17.1. The van der Waals surface area contributed by atoms with Crippen molar-refractivity contribution in [3.63, 3.8) is 0 Å². The molecule has 0 aromatic heterocycles. The number of aliphatic hydroxyl groups is 1. The molecule has 0 bridgehead atoms. The van der Waals surface area contributed by atoms with E-state index in [9.17, 15) is 19.5 Å². The first kappa shape index (κ1) is 25.7. The van der Waals surface area contributed by atoms with E-state index < -0.39 is 24.1 Å². The lowest BCUT2D eigenvalue weighted by molar-refractivity contribution is -0.118. The molecule has 0 radical (unpaired) electrons. The topological polar surface area (TPSA) is 143 Å². The van der Waals surface area contributed by atoms with E-state index >= 15 is 0 Å².